The Kier molecular flexibility index (Phi) is 3.91. The summed E-state index contributed by atoms with van der Waals surface area (Å²) in [4.78, 5) is 25.5. The molecule has 27 heavy (non-hydrogen) atoms. The Hall–Kier alpha value is -1.70. The molecule has 148 valence electrons. The average molecular weight is 378 g/mol. The molecule has 4 rings (SSSR count). The van der Waals surface area contributed by atoms with Crippen LogP contribution < -0.4 is 0 Å². The molecule has 0 aliphatic carbocycles. The number of hydrogen-bond acceptors (Lipinski definition) is 7. The van der Waals surface area contributed by atoms with E-state index in [1.54, 1.807) is 19.9 Å². The lowest BCUT2D eigenvalue weighted by atomic mass is 9.66. The molecule has 0 spiro atoms. The number of ketones is 1. The first-order valence-electron chi connectivity index (χ1n) is 9.49. The van der Waals surface area contributed by atoms with Crippen LogP contribution in [-0.2, 0) is 23.8 Å². The van der Waals surface area contributed by atoms with E-state index in [-0.39, 0.29) is 24.7 Å². The molecular formula is C20H26O7. The van der Waals surface area contributed by atoms with Crippen LogP contribution in [0.2, 0.25) is 0 Å². The van der Waals surface area contributed by atoms with Gasteiger partial charge in [0.15, 0.2) is 11.4 Å². The molecular weight excluding hydrogens is 352 g/mol. The topological polar surface area (TPSA) is 102 Å². The normalized spacial score (nSPS) is 48.4. The van der Waals surface area contributed by atoms with Crippen LogP contribution in [0.25, 0.3) is 0 Å². The zero-order chi connectivity index (χ0) is 19.8. The maximum Gasteiger partial charge on any atom is 0.318 e. The summed E-state index contributed by atoms with van der Waals surface area (Å²) >= 11 is 0. The number of esters is 1. The van der Waals surface area contributed by atoms with Gasteiger partial charge in [0.05, 0.1) is 12.7 Å². The van der Waals surface area contributed by atoms with Gasteiger partial charge < -0.3 is 24.4 Å². The van der Waals surface area contributed by atoms with Crippen molar-refractivity contribution in [2.45, 2.75) is 64.1 Å². The van der Waals surface area contributed by atoms with E-state index in [4.69, 9.17) is 14.2 Å². The van der Waals surface area contributed by atoms with Crippen LogP contribution in [0.15, 0.2) is 23.5 Å². The first kappa shape index (κ1) is 18.7. The summed E-state index contributed by atoms with van der Waals surface area (Å²) in [5, 5.41) is 21.3. The number of ether oxygens (including phenoxy) is 3. The van der Waals surface area contributed by atoms with Gasteiger partial charge in [-0.05, 0) is 26.3 Å². The van der Waals surface area contributed by atoms with E-state index in [9.17, 15) is 19.8 Å². The molecule has 4 aliphatic heterocycles. The van der Waals surface area contributed by atoms with Crippen LogP contribution >= 0.6 is 0 Å². The number of carbonyl (C=O) groups is 2. The monoisotopic (exact) mass is 378 g/mol. The van der Waals surface area contributed by atoms with Crippen LogP contribution in [0.1, 0.15) is 40.5 Å². The number of fused-ring (bicyclic) bond motifs is 2. The van der Waals surface area contributed by atoms with Crippen molar-refractivity contribution in [3.05, 3.63) is 23.5 Å². The van der Waals surface area contributed by atoms with Gasteiger partial charge in [-0.15, -0.1) is 0 Å². The Balaban J connectivity index is 1.88. The summed E-state index contributed by atoms with van der Waals surface area (Å²) in [5.41, 5.74) is -2.04. The molecule has 0 saturated carbocycles. The third-order valence-electron chi connectivity index (χ3n) is 7.01. The lowest BCUT2D eigenvalue weighted by Gasteiger charge is -2.38. The molecule has 2 fully saturated rings. The van der Waals surface area contributed by atoms with Gasteiger partial charge in [-0.25, -0.2) is 0 Å². The SMILES string of the molecule is CC[C@H](C)[C@@]1(O)O[C@H]2C[C@@]3(C)OC(=CC3=O)/C(CO)=C\[C@@H]3OC(=O)[C@@]1(C)[C@@H]32. The summed E-state index contributed by atoms with van der Waals surface area (Å²) in [6.45, 7) is 6.76. The van der Waals surface area contributed by atoms with Crippen molar-refractivity contribution < 1.29 is 34.0 Å². The number of hydrogen-bond donors (Lipinski definition) is 2. The molecule has 0 radical (unpaired) electrons. The molecule has 0 aromatic rings. The lowest BCUT2D eigenvalue weighted by molar-refractivity contribution is -0.267. The van der Waals surface area contributed by atoms with Gasteiger partial charge in [-0.3, -0.25) is 9.59 Å². The molecule has 0 unspecified atom stereocenters. The van der Waals surface area contributed by atoms with Gasteiger partial charge in [0, 0.05) is 29.9 Å². The summed E-state index contributed by atoms with van der Waals surface area (Å²) in [5.74, 6) is -2.94. The van der Waals surface area contributed by atoms with Crippen molar-refractivity contribution in [3.63, 3.8) is 0 Å². The molecule has 7 atom stereocenters. The van der Waals surface area contributed by atoms with Gasteiger partial charge in [-0.1, -0.05) is 13.8 Å². The zero-order valence-corrected chi connectivity index (χ0v) is 16.0. The molecule has 0 aromatic carbocycles. The standard InChI is InChI=1S/C20H26O7/c1-5-10(2)20(24)19(4)16-13(25-17(19)23)6-11(9-21)12-7-15(22)18(3,26-12)8-14(16)27-20/h6-7,10,13-14,16,21,24H,5,8-9H2,1-4H3/b11-6-/t10-,13-,14-,16-,18+,19+,20+/m0/s1. The Morgan fingerprint density at radius 3 is 2.67 bits per heavy atom. The van der Waals surface area contributed by atoms with E-state index >= 15 is 0 Å². The van der Waals surface area contributed by atoms with E-state index in [2.05, 4.69) is 0 Å². The fraction of sp³-hybridized carbons (Fsp3) is 0.700. The highest BCUT2D eigenvalue weighted by Crippen LogP contribution is 2.61. The minimum atomic E-state index is -1.70. The van der Waals surface area contributed by atoms with Gasteiger partial charge in [0.25, 0.3) is 0 Å². The van der Waals surface area contributed by atoms with Crippen LogP contribution in [0.5, 0.6) is 0 Å². The average Bonchev–Trinajstić information content (AvgIpc) is 3.14. The van der Waals surface area contributed by atoms with Crippen molar-refractivity contribution in [2.75, 3.05) is 6.61 Å². The first-order valence-corrected chi connectivity index (χ1v) is 9.49. The second-order valence-electron chi connectivity index (χ2n) is 8.52. The molecule has 7 heteroatoms. The van der Waals surface area contributed by atoms with E-state index in [0.29, 0.717) is 17.8 Å². The van der Waals surface area contributed by atoms with E-state index in [1.807, 2.05) is 13.8 Å². The van der Waals surface area contributed by atoms with Crippen LogP contribution in [-0.4, -0.2) is 52.2 Å². The number of rotatable bonds is 3. The smallest absolute Gasteiger partial charge is 0.318 e. The third-order valence-corrected chi connectivity index (χ3v) is 7.01. The molecule has 7 nitrogen and oxygen atoms in total. The summed E-state index contributed by atoms with van der Waals surface area (Å²) < 4.78 is 17.7. The molecule has 4 aliphatic rings. The van der Waals surface area contributed by atoms with Crippen LogP contribution in [0.4, 0.5) is 0 Å². The van der Waals surface area contributed by atoms with Gasteiger partial charge >= 0.3 is 5.97 Å². The van der Waals surface area contributed by atoms with Gasteiger partial charge in [0.1, 0.15) is 17.3 Å². The molecule has 0 amide bonds. The minimum absolute atomic E-state index is 0.185. The predicted octanol–water partition coefficient (Wildman–Crippen LogP) is 1.23. The van der Waals surface area contributed by atoms with Crippen molar-refractivity contribution >= 4 is 11.8 Å². The second-order valence-corrected chi connectivity index (χ2v) is 8.52. The highest BCUT2D eigenvalue weighted by Gasteiger charge is 2.75. The van der Waals surface area contributed by atoms with Crippen molar-refractivity contribution in [3.8, 4) is 0 Å². The van der Waals surface area contributed by atoms with Gasteiger partial charge in [0.2, 0.25) is 5.78 Å². The molecule has 0 aromatic heterocycles. The van der Waals surface area contributed by atoms with Crippen molar-refractivity contribution in [2.24, 2.45) is 17.3 Å². The third kappa shape index (κ3) is 2.19. The van der Waals surface area contributed by atoms with Crippen LogP contribution in [0, 0.1) is 17.3 Å². The fourth-order valence-electron chi connectivity index (χ4n) is 5.08. The number of aliphatic hydroxyl groups excluding tert-OH is 1. The fourth-order valence-corrected chi connectivity index (χ4v) is 5.08. The minimum Gasteiger partial charge on any atom is -0.479 e. The maximum absolute atomic E-state index is 12.9. The zero-order valence-electron chi connectivity index (χ0n) is 16.0. The highest BCUT2D eigenvalue weighted by molar-refractivity contribution is 6.00. The van der Waals surface area contributed by atoms with Gasteiger partial charge in [-0.2, -0.15) is 0 Å². The molecule has 4 heterocycles. The first-order chi connectivity index (χ1) is 12.6. The molecule has 2 saturated heterocycles. The summed E-state index contributed by atoms with van der Waals surface area (Å²) in [6.07, 6.45) is 2.51. The highest BCUT2D eigenvalue weighted by atomic mass is 16.7. The summed E-state index contributed by atoms with van der Waals surface area (Å²) in [7, 11) is 0. The Labute approximate surface area is 158 Å². The predicted molar refractivity (Wildman–Crippen MR) is 93.1 cm³/mol. The van der Waals surface area contributed by atoms with E-state index < -0.39 is 40.9 Å². The second kappa shape index (κ2) is 5.65. The van der Waals surface area contributed by atoms with Crippen LogP contribution in [0.3, 0.4) is 0 Å². The largest absolute Gasteiger partial charge is 0.479 e. The van der Waals surface area contributed by atoms with Crippen molar-refractivity contribution in [1.82, 2.24) is 0 Å². The number of carbonyl (C=O) groups excluding carboxylic acids is 2. The molecule has 2 bridgehead atoms. The Bertz CT molecular complexity index is 770. The van der Waals surface area contributed by atoms with E-state index in [1.165, 1.54) is 6.08 Å². The summed E-state index contributed by atoms with van der Waals surface area (Å²) in [6, 6.07) is 0. The Morgan fingerprint density at radius 1 is 1.33 bits per heavy atom. The number of aliphatic hydroxyl groups is 2. The Morgan fingerprint density at radius 2 is 2.04 bits per heavy atom. The maximum atomic E-state index is 12.9. The quantitative estimate of drug-likeness (QED) is 0.712. The molecule has 2 N–H and O–H groups in total. The van der Waals surface area contributed by atoms with Crippen molar-refractivity contribution in [1.29, 1.82) is 0 Å². The van der Waals surface area contributed by atoms with E-state index in [0.717, 1.165) is 0 Å². The lowest BCUT2D eigenvalue weighted by Crippen LogP contribution is -2.53.